The topological polar surface area (TPSA) is 12.0 Å². The molecule has 0 saturated heterocycles. The van der Waals surface area contributed by atoms with Crippen molar-refractivity contribution in [3.8, 4) is 0 Å². The van der Waals surface area contributed by atoms with Crippen LogP contribution < -0.4 is 5.32 Å². The minimum atomic E-state index is 0.540. The molecule has 0 heterocycles. The second-order valence-corrected chi connectivity index (χ2v) is 7.91. The first kappa shape index (κ1) is 14.4. The zero-order valence-corrected chi connectivity index (χ0v) is 13.4. The first-order valence-corrected chi connectivity index (χ1v) is 8.43. The number of hydrogen-bond donors (Lipinski definition) is 1. The molecule has 1 aromatic rings. The first-order valence-electron chi connectivity index (χ1n) is 8.05. The molecule has 0 aromatic heterocycles. The maximum Gasteiger partial charge on any atom is 0.0406 e. The SMILES string of the molecule is CC1(C)CCC(NC(c2ccc(Cl)cc2)C2CC2)CC1. The molecule has 110 valence electrons. The van der Waals surface area contributed by atoms with Gasteiger partial charge in [0.2, 0.25) is 0 Å². The Kier molecular flexibility index (Phi) is 4.10. The minimum absolute atomic E-state index is 0.540. The first-order chi connectivity index (χ1) is 9.53. The second kappa shape index (κ2) is 5.69. The Morgan fingerprint density at radius 2 is 1.65 bits per heavy atom. The van der Waals surface area contributed by atoms with E-state index in [1.54, 1.807) is 0 Å². The number of benzene rings is 1. The van der Waals surface area contributed by atoms with E-state index in [1.807, 2.05) is 12.1 Å². The third-order valence-electron chi connectivity index (χ3n) is 5.08. The summed E-state index contributed by atoms with van der Waals surface area (Å²) in [6, 6.07) is 9.69. The molecule has 2 heteroatoms. The molecule has 0 amide bonds. The highest BCUT2D eigenvalue weighted by Crippen LogP contribution is 2.43. The lowest BCUT2D eigenvalue weighted by molar-refractivity contribution is 0.195. The van der Waals surface area contributed by atoms with Gasteiger partial charge >= 0.3 is 0 Å². The average molecular weight is 292 g/mol. The van der Waals surface area contributed by atoms with Crippen LogP contribution in [0.5, 0.6) is 0 Å². The van der Waals surface area contributed by atoms with Crippen LogP contribution in [0.4, 0.5) is 0 Å². The summed E-state index contributed by atoms with van der Waals surface area (Å²) in [7, 11) is 0. The molecule has 20 heavy (non-hydrogen) atoms. The number of hydrogen-bond acceptors (Lipinski definition) is 1. The quantitative estimate of drug-likeness (QED) is 0.788. The van der Waals surface area contributed by atoms with Crippen molar-refractivity contribution in [2.45, 2.75) is 64.5 Å². The van der Waals surface area contributed by atoms with E-state index in [9.17, 15) is 0 Å². The van der Waals surface area contributed by atoms with Crippen molar-refractivity contribution in [1.82, 2.24) is 5.32 Å². The van der Waals surface area contributed by atoms with Crippen LogP contribution in [-0.2, 0) is 0 Å². The fourth-order valence-electron chi connectivity index (χ4n) is 3.42. The van der Waals surface area contributed by atoms with Crippen LogP contribution in [-0.4, -0.2) is 6.04 Å². The molecule has 0 spiro atoms. The second-order valence-electron chi connectivity index (χ2n) is 7.47. The van der Waals surface area contributed by atoms with Gasteiger partial charge in [0, 0.05) is 17.1 Å². The predicted octanol–water partition coefficient (Wildman–Crippen LogP) is 5.35. The van der Waals surface area contributed by atoms with Crippen LogP contribution in [0.25, 0.3) is 0 Å². The van der Waals surface area contributed by atoms with Gasteiger partial charge in [0.15, 0.2) is 0 Å². The molecule has 1 N–H and O–H groups in total. The van der Waals surface area contributed by atoms with E-state index in [0.717, 1.165) is 10.9 Å². The van der Waals surface area contributed by atoms with E-state index in [1.165, 1.54) is 44.1 Å². The zero-order chi connectivity index (χ0) is 14.2. The van der Waals surface area contributed by atoms with Gasteiger partial charge in [-0.2, -0.15) is 0 Å². The van der Waals surface area contributed by atoms with E-state index in [4.69, 9.17) is 11.6 Å². The van der Waals surface area contributed by atoms with Gasteiger partial charge in [-0.15, -0.1) is 0 Å². The van der Waals surface area contributed by atoms with Crippen molar-refractivity contribution in [3.63, 3.8) is 0 Å². The van der Waals surface area contributed by atoms with Crippen molar-refractivity contribution in [1.29, 1.82) is 0 Å². The maximum atomic E-state index is 6.01. The summed E-state index contributed by atoms with van der Waals surface area (Å²) in [4.78, 5) is 0. The largest absolute Gasteiger partial charge is 0.307 e. The van der Waals surface area contributed by atoms with Crippen molar-refractivity contribution >= 4 is 11.6 Å². The maximum absolute atomic E-state index is 6.01. The van der Waals surface area contributed by atoms with E-state index in [2.05, 4.69) is 31.3 Å². The third-order valence-corrected chi connectivity index (χ3v) is 5.33. The summed E-state index contributed by atoms with van der Waals surface area (Å²) in [5.41, 5.74) is 1.97. The minimum Gasteiger partial charge on any atom is -0.307 e. The molecule has 1 aromatic carbocycles. The summed E-state index contributed by atoms with van der Waals surface area (Å²) in [6.07, 6.45) is 8.09. The van der Waals surface area contributed by atoms with Crippen LogP contribution in [0.3, 0.4) is 0 Å². The van der Waals surface area contributed by atoms with Crippen LogP contribution in [0.1, 0.15) is 64.0 Å². The Labute approximate surface area is 128 Å². The lowest BCUT2D eigenvalue weighted by Gasteiger charge is -2.36. The highest BCUT2D eigenvalue weighted by Gasteiger charge is 2.35. The van der Waals surface area contributed by atoms with Gasteiger partial charge in [0.05, 0.1) is 0 Å². The van der Waals surface area contributed by atoms with Crippen molar-refractivity contribution in [2.24, 2.45) is 11.3 Å². The van der Waals surface area contributed by atoms with E-state index in [-0.39, 0.29) is 0 Å². The standard InChI is InChI=1S/C18H26ClN/c1-18(2)11-9-16(10-12-18)20-17(13-3-4-13)14-5-7-15(19)8-6-14/h5-8,13,16-17,20H,3-4,9-12H2,1-2H3. The van der Waals surface area contributed by atoms with E-state index < -0.39 is 0 Å². The number of rotatable bonds is 4. The summed E-state index contributed by atoms with van der Waals surface area (Å²) in [5, 5.41) is 4.78. The van der Waals surface area contributed by atoms with Crippen LogP contribution >= 0.6 is 11.6 Å². The molecule has 0 bridgehead atoms. The molecule has 1 nitrogen and oxygen atoms in total. The van der Waals surface area contributed by atoms with Crippen molar-refractivity contribution in [3.05, 3.63) is 34.9 Å². The zero-order valence-electron chi connectivity index (χ0n) is 12.7. The molecular formula is C18H26ClN. The van der Waals surface area contributed by atoms with E-state index >= 15 is 0 Å². The Bertz CT molecular complexity index is 437. The molecule has 2 saturated carbocycles. The smallest absolute Gasteiger partial charge is 0.0406 e. The van der Waals surface area contributed by atoms with Gasteiger partial charge in [-0.25, -0.2) is 0 Å². The van der Waals surface area contributed by atoms with Crippen molar-refractivity contribution in [2.75, 3.05) is 0 Å². The fourth-order valence-corrected chi connectivity index (χ4v) is 3.55. The Hall–Kier alpha value is -0.530. The summed E-state index contributed by atoms with van der Waals surface area (Å²) in [6.45, 7) is 4.81. The van der Waals surface area contributed by atoms with Crippen LogP contribution in [0.15, 0.2) is 24.3 Å². The molecule has 2 fully saturated rings. The molecule has 3 rings (SSSR count). The lowest BCUT2D eigenvalue weighted by Crippen LogP contribution is -2.38. The Morgan fingerprint density at radius 3 is 2.20 bits per heavy atom. The molecule has 2 aliphatic rings. The molecule has 1 unspecified atom stereocenters. The van der Waals surface area contributed by atoms with Gasteiger partial charge in [0.25, 0.3) is 0 Å². The van der Waals surface area contributed by atoms with Gasteiger partial charge in [0.1, 0.15) is 0 Å². The molecular weight excluding hydrogens is 266 g/mol. The van der Waals surface area contributed by atoms with E-state index in [0.29, 0.717) is 17.5 Å². The van der Waals surface area contributed by atoms with Gasteiger partial charge in [-0.05, 0) is 67.6 Å². The van der Waals surface area contributed by atoms with Crippen LogP contribution in [0, 0.1) is 11.3 Å². The van der Waals surface area contributed by atoms with Crippen LogP contribution in [0.2, 0.25) is 5.02 Å². The summed E-state index contributed by atoms with van der Waals surface area (Å²) in [5.74, 6) is 0.839. The molecule has 1 atom stereocenters. The summed E-state index contributed by atoms with van der Waals surface area (Å²) < 4.78 is 0. The molecule has 0 radical (unpaired) electrons. The lowest BCUT2D eigenvalue weighted by atomic mass is 9.75. The monoisotopic (exact) mass is 291 g/mol. The summed E-state index contributed by atoms with van der Waals surface area (Å²) >= 11 is 6.01. The Balaban J connectivity index is 1.65. The highest BCUT2D eigenvalue weighted by molar-refractivity contribution is 6.30. The highest BCUT2D eigenvalue weighted by atomic mass is 35.5. The van der Waals surface area contributed by atoms with Gasteiger partial charge in [-0.1, -0.05) is 37.6 Å². The number of halogens is 1. The molecule has 2 aliphatic carbocycles. The van der Waals surface area contributed by atoms with Gasteiger partial charge in [-0.3, -0.25) is 0 Å². The predicted molar refractivity (Wildman–Crippen MR) is 86.1 cm³/mol. The van der Waals surface area contributed by atoms with Crippen molar-refractivity contribution < 1.29 is 0 Å². The number of nitrogens with one attached hydrogen (secondary N) is 1. The molecule has 0 aliphatic heterocycles. The van der Waals surface area contributed by atoms with Gasteiger partial charge < -0.3 is 5.32 Å². The average Bonchev–Trinajstić information content (AvgIpc) is 3.23. The third kappa shape index (κ3) is 3.56. The fraction of sp³-hybridized carbons (Fsp3) is 0.667. The normalized spacial score (nSPS) is 24.6. The Morgan fingerprint density at radius 1 is 1.05 bits per heavy atom.